The van der Waals surface area contributed by atoms with Crippen LogP contribution in [0.4, 0.5) is 5.69 Å². The molecule has 0 aromatic heterocycles. The Hall–Kier alpha value is -2.05. The summed E-state index contributed by atoms with van der Waals surface area (Å²) in [6.07, 6.45) is 0. The number of aromatic hydroxyl groups is 1. The van der Waals surface area contributed by atoms with Crippen LogP contribution in [0.3, 0.4) is 0 Å². The lowest BCUT2D eigenvalue weighted by atomic mass is 10.2. The van der Waals surface area contributed by atoms with E-state index in [2.05, 4.69) is 0 Å². The van der Waals surface area contributed by atoms with E-state index in [4.69, 9.17) is 5.73 Å². The molecule has 112 valence electrons. The van der Waals surface area contributed by atoms with Gasteiger partial charge in [-0.1, -0.05) is 12.1 Å². The van der Waals surface area contributed by atoms with Crippen LogP contribution >= 0.6 is 0 Å². The van der Waals surface area contributed by atoms with E-state index in [-0.39, 0.29) is 17.2 Å². The topological polar surface area (TPSA) is 83.6 Å². The molecule has 0 bridgehead atoms. The summed E-state index contributed by atoms with van der Waals surface area (Å²) < 4.78 is 26.3. The molecule has 0 radical (unpaired) electrons. The highest BCUT2D eigenvalue weighted by Gasteiger charge is 2.21. The van der Waals surface area contributed by atoms with Crippen molar-refractivity contribution in [1.82, 2.24) is 4.31 Å². The van der Waals surface area contributed by atoms with Crippen molar-refractivity contribution in [2.24, 2.45) is 0 Å². The van der Waals surface area contributed by atoms with Gasteiger partial charge in [-0.05, 0) is 48.4 Å². The minimum absolute atomic E-state index is 0.109. The molecule has 0 aliphatic carbocycles. The predicted molar refractivity (Wildman–Crippen MR) is 82.4 cm³/mol. The minimum atomic E-state index is -3.62. The maximum Gasteiger partial charge on any atom is 0.243 e. The first-order valence-electron chi connectivity index (χ1n) is 6.40. The lowest BCUT2D eigenvalue weighted by Gasteiger charge is -2.18. The summed E-state index contributed by atoms with van der Waals surface area (Å²) in [5, 5.41) is 9.43. The van der Waals surface area contributed by atoms with E-state index in [1.807, 2.05) is 0 Å². The van der Waals surface area contributed by atoms with Crippen LogP contribution in [0.1, 0.15) is 11.1 Å². The second-order valence-corrected chi connectivity index (χ2v) is 7.06. The van der Waals surface area contributed by atoms with Crippen molar-refractivity contribution < 1.29 is 13.5 Å². The molecule has 2 rings (SSSR count). The first-order valence-corrected chi connectivity index (χ1v) is 7.84. The molecule has 2 aromatic rings. The Morgan fingerprint density at radius 1 is 1.19 bits per heavy atom. The average molecular weight is 306 g/mol. The molecule has 0 aliphatic heterocycles. The summed E-state index contributed by atoms with van der Waals surface area (Å²) in [7, 11) is -2.13. The number of rotatable bonds is 4. The van der Waals surface area contributed by atoms with Gasteiger partial charge >= 0.3 is 0 Å². The summed E-state index contributed by atoms with van der Waals surface area (Å²) in [5.74, 6) is 0.109. The number of sulfonamides is 1. The molecule has 0 aliphatic rings. The molecule has 0 fully saturated rings. The molecule has 2 aromatic carbocycles. The first-order chi connectivity index (χ1) is 9.79. The Labute approximate surface area is 124 Å². The number of nitrogens with two attached hydrogens (primary N) is 1. The fraction of sp³-hybridized carbons (Fsp3) is 0.200. The highest BCUT2D eigenvalue weighted by molar-refractivity contribution is 7.89. The highest BCUT2D eigenvalue weighted by atomic mass is 32.2. The van der Waals surface area contributed by atoms with Crippen LogP contribution in [-0.4, -0.2) is 24.9 Å². The third-order valence-electron chi connectivity index (χ3n) is 3.10. The van der Waals surface area contributed by atoms with Gasteiger partial charge in [0.2, 0.25) is 10.0 Å². The van der Waals surface area contributed by atoms with Crippen LogP contribution in [0.2, 0.25) is 0 Å². The molecule has 3 N–H and O–H groups in total. The summed E-state index contributed by atoms with van der Waals surface area (Å²) in [6, 6.07) is 11.3. The van der Waals surface area contributed by atoms with Gasteiger partial charge in [0.05, 0.1) is 4.90 Å². The Bertz CT molecular complexity index is 737. The predicted octanol–water partition coefficient (Wildman–Crippen LogP) is 2.10. The van der Waals surface area contributed by atoms with Gasteiger partial charge in [0.1, 0.15) is 5.75 Å². The fourth-order valence-corrected chi connectivity index (χ4v) is 3.40. The summed E-state index contributed by atoms with van der Waals surface area (Å²) in [6.45, 7) is 1.97. The Kier molecular flexibility index (Phi) is 4.20. The van der Waals surface area contributed by atoms with Gasteiger partial charge in [0.25, 0.3) is 0 Å². The molecule has 0 unspecified atom stereocenters. The normalized spacial score (nSPS) is 11.8. The van der Waals surface area contributed by atoms with E-state index in [1.165, 1.54) is 23.5 Å². The molecule has 0 spiro atoms. The van der Waals surface area contributed by atoms with Crippen LogP contribution in [0.5, 0.6) is 5.75 Å². The van der Waals surface area contributed by atoms with Gasteiger partial charge in [0.15, 0.2) is 0 Å². The van der Waals surface area contributed by atoms with Crippen molar-refractivity contribution in [2.75, 3.05) is 12.8 Å². The van der Waals surface area contributed by atoms with Crippen molar-refractivity contribution in [3.8, 4) is 5.75 Å². The third kappa shape index (κ3) is 3.53. The molecule has 21 heavy (non-hydrogen) atoms. The lowest BCUT2D eigenvalue weighted by molar-refractivity contribution is 0.458. The standard InChI is InChI=1S/C15H18N2O3S/c1-11-6-13(16)9-15(7-11)21(19,20)17(2)10-12-4-3-5-14(18)8-12/h3-9,18H,10,16H2,1-2H3. The monoisotopic (exact) mass is 306 g/mol. The van der Waals surface area contributed by atoms with Gasteiger partial charge in [0, 0.05) is 19.3 Å². The van der Waals surface area contributed by atoms with E-state index in [1.54, 1.807) is 37.3 Å². The molecule has 0 amide bonds. The molecule has 0 heterocycles. The number of nitrogens with zero attached hydrogens (tertiary/aromatic N) is 1. The van der Waals surface area contributed by atoms with Crippen LogP contribution in [-0.2, 0) is 16.6 Å². The number of phenols is 1. The van der Waals surface area contributed by atoms with Crippen LogP contribution in [0.25, 0.3) is 0 Å². The zero-order valence-electron chi connectivity index (χ0n) is 11.9. The Morgan fingerprint density at radius 3 is 2.52 bits per heavy atom. The number of benzene rings is 2. The second-order valence-electron chi connectivity index (χ2n) is 5.01. The lowest BCUT2D eigenvalue weighted by Crippen LogP contribution is -2.26. The Morgan fingerprint density at radius 2 is 1.90 bits per heavy atom. The van der Waals surface area contributed by atoms with Crippen molar-refractivity contribution in [3.05, 3.63) is 53.6 Å². The average Bonchev–Trinajstić information content (AvgIpc) is 2.37. The van der Waals surface area contributed by atoms with Gasteiger partial charge in [-0.15, -0.1) is 0 Å². The van der Waals surface area contributed by atoms with E-state index in [0.717, 1.165) is 5.56 Å². The van der Waals surface area contributed by atoms with E-state index >= 15 is 0 Å². The number of nitrogen functional groups attached to an aromatic ring is 1. The van der Waals surface area contributed by atoms with Gasteiger partial charge in [-0.2, -0.15) is 4.31 Å². The van der Waals surface area contributed by atoms with Crippen LogP contribution < -0.4 is 5.73 Å². The molecular formula is C15H18N2O3S. The highest BCUT2D eigenvalue weighted by Crippen LogP contribution is 2.21. The molecule has 6 heteroatoms. The van der Waals surface area contributed by atoms with E-state index in [0.29, 0.717) is 11.3 Å². The Balaban J connectivity index is 2.30. The molecule has 0 saturated heterocycles. The molecule has 0 atom stereocenters. The maximum atomic E-state index is 12.5. The van der Waals surface area contributed by atoms with Gasteiger partial charge in [-0.25, -0.2) is 8.42 Å². The van der Waals surface area contributed by atoms with Crippen molar-refractivity contribution in [2.45, 2.75) is 18.4 Å². The van der Waals surface area contributed by atoms with E-state index in [9.17, 15) is 13.5 Å². The van der Waals surface area contributed by atoms with Crippen LogP contribution in [0.15, 0.2) is 47.4 Å². The number of hydrogen-bond acceptors (Lipinski definition) is 4. The SMILES string of the molecule is Cc1cc(N)cc(S(=O)(=O)N(C)Cc2cccc(O)c2)c1. The number of aryl methyl sites for hydroxylation is 1. The second kappa shape index (κ2) is 5.75. The molecule has 0 saturated carbocycles. The van der Waals surface area contributed by atoms with Crippen LogP contribution in [0, 0.1) is 6.92 Å². The number of hydrogen-bond donors (Lipinski definition) is 2. The summed E-state index contributed by atoms with van der Waals surface area (Å²) in [5.41, 5.74) is 7.63. The van der Waals surface area contributed by atoms with Gasteiger partial charge < -0.3 is 10.8 Å². The number of anilines is 1. The van der Waals surface area contributed by atoms with E-state index < -0.39 is 10.0 Å². The molecular weight excluding hydrogens is 288 g/mol. The largest absolute Gasteiger partial charge is 0.508 e. The zero-order valence-corrected chi connectivity index (χ0v) is 12.8. The fourth-order valence-electron chi connectivity index (χ4n) is 2.10. The smallest absolute Gasteiger partial charge is 0.243 e. The number of phenolic OH excluding ortho intramolecular Hbond substituents is 1. The quantitative estimate of drug-likeness (QED) is 0.847. The van der Waals surface area contributed by atoms with Gasteiger partial charge in [-0.3, -0.25) is 0 Å². The summed E-state index contributed by atoms with van der Waals surface area (Å²) in [4.78, 5) is 0.169. The summed E-state index contributed by atoms with van der Waals surface area (Å²) >= 11 is 0. The first kappa shape index (κ1) is 15.3. The van der Waals surface area contributed by atoms with Crippen molar-refractivity contribution in [3.63, 3.8) is 0 Å². The van der Waals surface area contributed by atoms with Crippen molar-refractivity contribution >= 4 is 15.7 Å². The van der Waals surface area contributed by atoms with Crippen molar-refractivity contribution in [1.29, 1.82) is 0 Å². The third-order valence-corrected chi connectivity index (χ3v) is 4.88. The minimum Gasteiger partial charge on any atom is -0.508 e. The maximum absolute atomic E-state index is 12.5. The molecule has 5 nitrogen and oxygen atoms in total. The zero-order chi connectivity index (χ0) is 15.6.